The lowest BCUT2D eigenvalue weighted by Crippen LogP contribution is -2.31. The number of thiazole rings is 1. The molecule has 0 spiro atoms. The second kappa shape index (κ2) is 5.13. The molecule has 1 aromatic rings. The zero-order valence-electron chi connectivity index (χ0n) is 9.74. The Morgan fingerprint density at radius 3 is 2.53 bits per heavy atom. The van der Waals surface area contributed by atoms with Crippen LogP contribution in [0.3, 0.4) is 0 Å². The molecular formula is C11H17N3S. The van der Waals surface area contributed by atoms with E-state index in [0.29, 0.717) is 12.5 Å². The van der Waals surface area contributed by atoms with E-state index in [1.807, 2.05) is 6.92 Å². The van der Waals surface area contributed by atoms with Crippen LogP contribution >= 0.6 is 11.3 Å². The first-order valence-electron chi connectivity index (χ1n) is 5.14. The Morgan fingerprint density at radius 2 is 2.13 bits per heavy atom. The molecule has 0 N–H and O–H groups in total. The van der Waals surface area contributed by atoms with E-state index in [9.17, 15) is 0 Å². The second-order valence-corrected chi connectivity index (χ2v) is 5.01. The molecule has 0 aliphatic carbocycles. The van der Waals surface area contributed by atoms with Crippen LogP contribution in [0, 0.1) is 25.2 Å². The van der Waals surface area contributed by atoms with Gasteiger partial charge in [-0.05, 0) is 27.7 Å². The zero-order valence-corrected chi connectivity index (χ0v) is 10.6. The number of hydrogen-bond acceptors (Lipinski definition) is 4. The summed E-state index contributed by atoms with van der Waals surface area (Å²) < 4.78 is 0. The van der Waals surface area contributed by atoms with Crippen molar-refractivity contribution in [2.75, 3.05) is 11.4 Å². The summed E-state index contributed by atoms with van der Waals surface area (Å²) in [5.41, 5.74) is 1.10. The molecular weight excluding hydrogens is 206 g/mol. The van der Waals surface area contributed by atoms with Crippen LogP contribution in [0.1, 0.15) is 30.8 Å². The Labute approximate surface area is 95.4 Å². The molecule has 0 bridgehead atoms. The molecule has 0 unspecified atom stereocenters. The molecule has 1 heterocycles. The lowest BCUT2D eigenvalue weighted by molar-refractivity contribution is 0.683. The summed E-state index contributed by atoms with van der Waals surface area (Å²) in [4.78, 5) is 7.97. The molecule has 0 radical (unpaired) electrons. The third-order valence-corrected chi connectivity index (χ3v) is 3.46. The average Bonchev–Trinajstić information content (AvgIpc) is 2.47. The normalized spacial score (nSPS) is 10.4. The van der Waals surface area contributed by atoms with Crippen molar-refractivity contribution in [1.29, 1.82) is 5.26 Å². The second-order valence-electron chi connectivity index (χ2n) is 3.83. The topological polar surface area (TPSA) is 39.9 Å². The van der Waals surface area contributed by atoms with E-state index in [0.717, 1.165) is 17.4 Å². The highest BCUT2D eigenvalue weighted by Gasteiger charge is 2.14. The molecule has 0 aliphatic rings. The molecule has 0 amide bonds. The third-order valence-electron chi connectivity index (χ3n) is 2.35. The number of hydrogen-bond donors (Lipinski definition) is 0. The van der Waals surface area contributed by atoms with E-state index in [-0.39, 0.29) is 0 Å². The van der Waals surface area contributed by atoms with E-state index in [4.69, 9.17) is 5.26 Å². The number of aryl methyl sites for hydroxylation is 2. The molecule has 0 aliphatic heterocycles. The lowest BCUT2D eigenvalue weighted by Gasteiger charge is -2.24. The summed E-state index contributed by atoms with van der Waals surface area (Å²) in [6.07, 6.45) is 0.551. The molecule has 82 valence electrons. The van der Waals surface area contributed by atoms with Gasteiger partial charge in [-0.25, -0.2) is 4.98 Å². The van der Waals surface area contributed by atoms with Gasteiger partial charge in [0.15, 0.2) is 5.13 Å². The molecule has 0 saturated carbocycles. The van der Waals surface area contributed by atoms with Crippen LogP contribution in [-0.2, 0) is 0 Å². The first-order valence-corrected chi connectivity index (χ1v) is 5.95. The van der Waals surface area contributed by atoms with Gasteiger partial charge in [0.05, 0.1) is 18.2 Å². The number of anilines is 1. The maximum atomic E-state index is 8.61. The monoisotopic (exact) mass is 223 g/mol. The molecule has 4 heteroatoms. The van der Waals surface area contributed by atoms with Gasteiger partial charge in [0.1, 0.15) is 0 Å². The molecule has 15 heavy (non-hydrogen) atoms. The van der Waals surface area contributed by atoms with Gasteiger partial charge in [-0.1, -0.05) is 0 Å². The van der Waals surface area contributed by atoms with Crippen molar-refractivity contribution < 1.29 is 0 Å². The van der Waals surface area contributed by atoms with Crippen molar-refractivity contribution in [3.8, 4) is 6.07 Å². The predicted molar refractivity (Wildman–Crippen MR) is 64.3 cm³/mol. The standard InChI is InChI=1S/C11H17N3S/c1-8(2)14(7-5-6-12)11-13-9(3)10(4)15-11/h8H,5,7H2,1-4H3. The Morgan fingerprint density at radius 1 is 1.47 bits per heavy atom. The van der Waals surface area contributed by atoms with Crippen LogP contribution in [0.5, 0.6) is 0 Å². The number of nitrogens with zero attached hydrogens (tertiary/aromatic N) is 3. The fraction of sp³-hybridized carbons (Fsp3) is 0.636. The van der Waals surface area contributed by atoms with E-state index in [1.54, 1.807) is 11.3 Å². The first-order chi connectivity index (χ1) is 7.06. The highest BCUT2D eigenvalue weighted by molar-refractivity contribution is 7.15. The Bertz CT molecular complexity index is 343. The van der Waals surface area contributed by atoms with Gasteiger partial charge in [0.2, 0.25) is 0 Å². The third kappa shape index (κ3) is 2.93. The Hall–Kier alpha value is -1.08. The van der Waals surface area contributed by atoms with Gasteiger partial charge < -0.3 is 4.90 Å². The van der Waals surface area contributed by atoms with Crippen LogP contribution in [0.25, 0.3) is 0 Å². The van der Waals surface area contributed by atoms with E-state index in [1.165, 1.54) is 4.88 Å². The zero-order chi connectivity index (χ0) is 11.4. The molecule has 0 atom stereocenters. The van der Waals surface area contributed by atoms with Crippen LogP contribution < -0.4 is 4.90 Å². The smallest absolute Gasteiger partial charge is 0.186 e. The highest BCUT2D eigenvalue weighted by Crippen LogP contribution is 2.26. The van der Waals surface area contributed by atoms with Gasteiger partial charge in [0, 0.05) is 17.5 Å². The maximum absolute atomic E-state index is 8.61. The summed E-state index contributed by atoms with van der Waals surface area (Å²) >= 11 is 1.71. The van der Waals surface area contributed by atoms with Crippen LogP contribution in [0.15, 0.2) is 0 Å². The molecule has 0 aromatic carbocycles. The largest absolute Gasteiger partial charge is 0.345 e. The van der Waals surface area contributed by atoms with Crippen molar-refractivity contribution in [2.24, 2.45) is 0 Å². The van der Waals surface area contributed by atoms with Crippen molar-refractivity contribution in [1.82, 2.24) is 4.98 Å². The SMILES string of the molecule is Cc1nc(N(CCC#N)C(C)C)sc1C. The van der Waals surface area contributed by atoms with Crippen molar-refractivity contribution in [3.63, 3.8) is 0 Å². The minimum atomic E-state index is 0.392. The predicted octanol–water partition coefficient (Wildman–Crippen LogP) is 2.89. The minimum absolute atomic E-state index is 0.392. The van der Waals surface area contributed by atoms with Gasteiger partial charge in [-0.3, -0.25) is 0 Å². The quantitative estimate of drug-likeness (QED) is 0.788. The van der Waals surface area contributed by atoms with E-state index >= 15 is 0 Å². The lowest BCUT2D eigenvalue weighted by atomic mass is 10.3. The number of rotatable bonds is 4. The van der Waals surface area contributed by atoms with Crippen molar-refractivity contribution >= 4 is 16.5 Å². The van der Waals surface area contributed by atoms with Crippen LogP contribution in [-0.4, -0.2) is 17.6 Å². The van der Waals surface area contributed by atoms with E-state index < -0.39 is 0 Å². The summed E-state index contributed by atoms with van der Waals surface area (Å²) in [6, 6.07) is 2.57. The minimum Gasteiger partial charge on any atom is -0.345 e. The fourth-order valence-electron chi connectivity index (χ4n) is 1.32. The molecule has 0 fully saturated rings. The van der Waals surface area contributed by atoms with Crippen LogP contribution in [0.2, 0.25) is 0 Å². The number of aromatic nitrogens is 1. The van der Waals surface area contributed by atoms with E-state index in [2.05, 4.69) is 36.7 Å². The van der Waals surface area contributed by atoms with Gasteiger partial charge in [0.25, 0.3) is 0 Å². The molecule has 1 rings (SSSR count). The molecule has 1 aromatic heterocycles. The Kier molecular flexibility index (Phi) is 4.10. The summed E-state index contributed by atoms with van der Waals surface area (Å²) in [7, 11) is 0. The highest BCUT2D eigenvalue weighted by atomic mass is 32.1. The average molecular weight is 223 g/mol. The molecule has 0 saturated heterocycles. The Balaban J connectivity index is 2.85. The van der Waals surface area contributed by atoms with Crippen molar-refractivity contribution in [2.45, 2.75) is 40.2 Å². The maximum Gasteiger partial charge on any atom is 0.186 e. The van der Waals surface area contributed by atoms with Crippen LogP contribution in [0.4, 0.5) is 5.13 Å². The fourth-order valence-corrected chi connectivity index (χ4v) is 2.39. The summed E-state index contributed by atoms with van der Waals surface area (Å²) in [5, 5.41) is 9.65. The molecule has 3 nitrogen and oxygen atoms in total. The summed E-state index contributed by atoms with van der Waals surface area (Å²) in [6.45, 7) is 9.13. The van der Waals surface area contributed by atoms with Gasteiger partial charge in [-0.15, -0.1) is 11.3 Å². The first kappa shape index (κ1) is 12.0. The van der Waals surface area contributed by atoms with Gasteiger partial charge in [-0.2, -0.15) is 5.26 Å². The number of nitriles is 1. The van der Waals surface area contributed by atoms with Gasteiger partial charge >= 0.3 is 0 Å². The summed E-state index contributed by atoms with van der Waals surface area (Å²) in [5.74, 6) is 0. The van der Waals surface area contributed by atoms with Crippen molar-refractivity contribution in [3.05, 3.63) is 10.6 Å².